The average molecular weight is 178 g/mol. The largest absolute Gasteiger partial charge is 0.506 e. The van der Waals surface area contributed by atoms with Crippen molar-refractivity contribution in [3.8, 4) is 0 Å². The van der Waals surface area contributed by atoms with Crippen molar-refractivity contribution in [2.75, 3.05) is 21.0 Å². The van der Waals surface area contributed by atoms with Gasteiger partial charge in [-0.1, -0.05) is 6.08 Å². The van der Waals surface area contributed by atoms with Crippen molar-refractivity contribution < 1.29 is 18.4 Å². The van der Waals surface area contributed by atoms with Crippen LogP contribution in [0, 0.1) is 0 Å². The van der Waals surface area contributed by atoms with Gasteiger partial charge in [-0.2, -0.15) is 0 Å². The minimum Gasteiger partial charge on any atom is -0.377 e. The van der Waals surface area contributed by atoms with Crippen LogP contribution in [-0.2, 0) is 13.3 Å². The third kappa shape index (κ3) is 3.13. The maximum absolute atomic E-state index is 8.51. The van der Waals surface area contributed by atoms with Gasteiger partial charge in [0.15, 0.2) is 0 Å². The first-order chi connectivity index (χ1) is 5.24. The van der Waals surface area contributed by atoms with Crippen molar-refractivity contribution in [3.05, 3.63) is 12.7 Å². The molecule has 0 spiro atoms. The fraction of sp³-hybridized carbons (Fsp3) is 0.667. The predicted molar refractivity (Wildman–Crippen MR) is 42.9 cm³/mol. The second kappa shape index (κ2) is 5.45. The van der Waals surface area contributed by atoms with Crippen LogP contribution >= 0.6 is 0 Å². The van der Waals surface area contributed by atoms with E-state index in [1.54, 1.807) is 6.08 Å². The zero-order valence-corrected chi connectivity index (χ0v) is 7.87. The predicted octanol–water partition coefficient (Wildman–Crippen LogP) is 0.370. The maximum atomic E-state index is 8.51. The molecule has 0 amide bonds. The van der Waals surface area contributed by atoms with Gasteiger partial charge in [-0.05, 0) is 0 Å². The van der Waals surface area contributed by atoms with Gasteiger partial charge in [0.25, 0.3) is 0 Å². The molecule has 0 aliphatic carbocycles. The summed E-state index contributed by atoms with van der Waals surface area (Å²) in [7, 11) is 0.378. The number of rotatable bonds is 6. The molecule has 66 valence electrons. The molecule has 11 heavy (non-hydrogen) atoms. The van der Waals surface area contributed by atoms with E-state index in [0.29, 0.717) is 6.04 Å². The van der Waals surface area contributed by atoms with E-state index in [0.717, 1.165) is 0 Å². The van der Waals surface area contributed by atoms with Gasteiger partial charge < -0.3 is 18.4 Å². The molecule has 0 aliphatic heterocycles. The quantitative estimate of drug-likeness (QED) is 0.363. The average Bonchev–Trinajstić information content (AvgIpc) is 2.04. The molecule has 0 bridgehead atoms. The van der Waals surface area contributed by atoms with Crippen LogP contribution in [0.1, 0.15) is 0 Å². The van der Waals surface area contributed by atoms with E-state index in [9.17, 15) is 0 Å². The number of hydrogen-bond donors (Lipinski definition) is 1. The zero-order valence-electron chi connectivity index (χ0n) is 6.87. The summed E-state index contributed by atoms with van der Waals surface area (Å²) in [6.07, 6.45) is 1.65. The Hall–Kier alpha value is -0.203. The lowest BCUT2D eigenvalue weighted by molar-refractivity contribution is 0.0167. The molecular weight excluding hydrogens is 164 g/mol. The lowest BCUT2D eigenvalue weighted by atomic mass is 10.8. The van der Waals surface area contributed by atoms with E-state index < -0.39 is 8.80 Å². The summed E-state index contributed by atoms with van der Waals surface area (Å²) in [6, 6.07) is 0.501. The summed E-state index contributed by atoms with van der Waals surface area (Å²) < 4.78 is 15.0. The van der Waals surface area contributed by atoms with Gasteiger partial charge in [0.05, 0.1) is 0 Å². The molecule has 0 saturated carbocycles. The summed E-state index contributed by atoms with van der Waals surface area (Å²) in [5, 5.41) is 8.51. The van der Waals surface area contributed by atoms with Crippen molar-refractivity contribution >= 4 is 8.80 Å². The Morgan fingerprint density at radius 3 is 2.27 bits per heavy atom. The minimum absolute atomic E-state index is 0.387. The third-order valence-electron chi connectivity index (χ3n) is 1.30. The zero-order chi connectivity index (χ0) is 8.74. The maximum Gasteiger partial charge on any atom is 0.506 e. The molecular formula is C6H14O4Si. The highest BCUT2D eigenvalue weighted by Gasteiger charge is 2.37. The molecule has 0 aromatic rings. The monoisotopic (exact) mass is 178 g/mol. The summed E-state index contributed by atoms with van der Waals surface area (Å²) in [4.78, 5) is 0. The fourth-order valence-corrected chi connectivity index (χ4v) is 2.11. The minimum atomic E-state index is -2.61. The van der Waals surface area contributed by atoms with Gasteiger partial charge in [0.2, 0.25) is 0 Å². The highest BCUT2D eigenvalue weighted by molar-refractivity contribution is 6.61. The summed E-state index contributed by atoms with van der Waals surface area (Å²) in [5.41, 5.74) is 0. The molecule has 0 aromatic carbocycles. The van der Waals surface area contributed by atoms with Gasteiger partial charge in [-0.3, -0.25) is 0 Å². The first-order valence-electron chi connectivity index (χ1n) is 3.20. The number of hydrogen-bond acceptors (Lipinski definition) is 4. The molecule has 0 radical (unpaired) electrons. The van der Waals surface area contributed by atoms with Gasteiger partial charge in [-0.15, -0.1) is 6.58 Å². The van der Waals surface area contributed by atoms with Crippen LogP contribution in [0.15, 0.2) is 12.7 Å². The van der Waals surface area contributed by atoms with Gasteiger partial charge in [-0.25, -0.2) is 0 Å². The standard InChI is InChI=1S/C6H14O4Si/c1-4-5-11(8-2,9-3)10-6-7/h4,7H,1,5-6H2,2-3H3. The van der Waals surface area contributed by atoms with E-state index in [1.165, 1.54) is 14.2 Å². The molecule has 0 atom stereocenters. The van der Waals surface area contributed by atoms with Crippen LogP contribution < -0.4 is 0 Å². The fourth-order valence-electron chi connectivity index (χ4n) is 0.702. The van der Waals surface area contributed by atoms with Gasteiger partial charge >= 0.3 is 8.80 Å². The molecule has 5 heteroatoms. The van der Waals surface area contributed by atoms with Crippen LogP contribution in [0.5, 0.6) is 0 Å². The Morgan fingerprint density at radius 2 is 2.00 bits per heavy atom. The summed E-state index contributed by atoms with van der Waals surface area (Å²) in [5.74, 6) is 0. The Morgan fingerprint density at radius 1 is 1.45 bits per heavy atom. The Labute approximate surface area is 67.8 Å². The third-order valence-corrected chi connectivity index (χ3v) is 3.90. The molecule has 0 aromatic heterocycles. The van der Waals surface area contributed by atoms with Crippen molar-refractivity contribution in [2.45, 2.75) is 6.04 Å². The second-order valence-corrected chi connectivity index (χ2v) is 4.74. The first-order valence-corrected chi connectivity index (χ1v) is 5.14. The van der Waals surface area contributed by atoms with Crippen LogP contribution in [-0.4, -0.2) is 34.9 Å². The number of aliphatic hydroxyl groups excluding tert-OH is 1. The molecule has 0 heterocycles. The van der Waals surface area contributed by atoms with Crippen molar-refractivity contribution in [1.29, 1.82) is 0 Å². The molecule has 4 nitrogen and oxygen atoms in total. The first kappa shape index (κ1) is 10.8. The number of allylic oxidation sites excluding steroid dienone is 1. The highest BCUT2D eigenvalue weighted by Crippen LogP contribution is 2.12. The molecule has 0 fully saturated rings. The molecule has 0 aliphatic rings. The number of aliphatic hydroxyl groups is 1. The summed E-state index contributed by atoms with van der Waals surface area (Å²) in [6.45, 7) is 3.15. The molecule has 0 rings (SSSR count). The van der Waals surface area contributed by atoms with Crippen LogP contribution in [0.3, 0.4) is 0 Å². The van der Waals surface area contributed by atoms with Crippen molar-refractivity contribution in [1.82, 2.24) is 0 Å². The lowest BCUT2D eigenvalue weighted by Gasteiger charge is -2.23. The lowest BCUT2D eigenvalue weighted by Crippen LogP contribution is -2.43. The normalized spacial score (nSPS) is 11.5. The van der Waals surface area contributed by atoms with Gasteiger partial charge in [0.1, 0.15) is 6.79 Å². The highest BCUT2D eigenvalue weighted by atomic mass is 28.4. The Balaban J connectivity index is 4.06. The Bertz CT molecular complexity index is 113. The van der Waals surface area contributed by atoms with Crippen molar-refractivity contribution in [3.63, 3.8) is 0 Å². The van der Waals surface area contributed by atoms with Crippen molar-refractivity contribution in [2.24, 2.45) is 0 Å². The van der Waals surface area contributed by atoms with Crippen LogP contribution in [0.25, 0.3) is 0 Å². The molecule has 1 N–H and O–H groups in total. The van der Waals surface area contributed by atoms with E-state index >= 15 is 0 Å². The topological polar surface area (TPSA) is 47.9 Å². The van der Waals surface area contributed by atoms with Gasteiger partial charge in [0, 0.05) is 20.3 Å². The summed E-state index contributed by atoms with van der Waals surface area (Å²) >= 11 is 0. The SMILES string of the molecule is C=CC[Si](OC)(OC)OCO. The van der Waals surface area contributed by atoms with E-state index in [1.807, 2.05) is 0 Å². The van der Waals surface area contributed by atoms with E-state index in [-0.39, 0.29) is 6.79 Å². The Kier molecular flexibility index (Phi) is 5.35. The second-order valence-electron chi connectivity index (χ2n) is 1.86. The van der Waals surface area contributed by atoms with E-state index in [4.69, 9.17) is 18.4 Å². The molecule has 0 unspecified atom stereocenters. The smallest absolute Gasteiger partial charge is 0.377 e. The van der Waals surface area contributed by atoms with Crippen LogP contribution in [0.4, 0.5) is 0 Å². The van der Waals surface area contributed by atoms with E-state index in [2.05, 4.69) is 6.58 Å². The molecule has 0 saturated heterocycles. The van der Waals surface area contributed by atoms with Crippen LogP contribution in [0.2, 0.25) is 6.04 Å².